The number of fused-ring (bicyclic) bond motifs is 1. The van der Waals surface area contributed by atoms with Gasteiger partial charge >= 0.3 is 0 Å². The SMILES string of the molecule is Ic1ccccc1Cc1cccc2ccccc12. The third kappa shape index (κ3) is 2.27. The summed E-state index contributed by atoms with van der Waals surface area (Å²) in [6, 6.07) is 23.7. The normalized spacial score (nSPS) is 10.7. The van der Waals surface area contributed by atoms with Gasteiger partial charge in [0.2, 0.25) is 0 Å². The maximum Gasteiger partial charge on any atom is 0.0165 e. The molecule has 0 nitrogen and oxygen atoms in total. The van der Waals surface area contributed by atoms with Gasteiger partial charge in [0.15, 0.2) is 0 Å². The molecule has 0 unspecified atom stereocenters. The van der Waals surface area contributed by atoms with E-state index in [1.54, 1.807) is 0 Å². The van der Waals surface area contributed by atoms with Crippen LogP contribution in [0.5, 0.6) is 0 Å². The van der Waals surface area contributed by atoms with Crippen LogP contribution in [0.25, 0.3) is 10.8 Å². The summed E-state index contributed by atoms with van der Waals surface area (Å²) >= 11 is 2.41. The molecule has 0 aromatic heterocycles. The minimum Gasteiger partial charge on any atom is -0.0619 e. The van der Waals surface area contributed by atoms with E-state index in [-0.39, 0.29) is 0 Å². The summed E-state index contributed by atoms with van der Waals surface area (Å²) in [5.74, 6) is 0. The van der Waals surface area contributed by atoms with Crippen LogP contribution in [0.2, 0.25) is 0 Å². The zero-order chi connectivity index (χ0) is 12.4. The molecule has 18 heavy (non-hydrogen) atoms. The Labute approximate surface area is 121 Å². The van der Waals surface area contributed by atoms with E-state index in [9.17, 15) is 0 Å². The van der Waals surface area contributed by atoms with Crippen molar-refractivity contribution in [1.29, 1.82) is 0 Å². The van der Waals surface area contributed by atoms with Gasteiger partial charge in [-0.2, -0.15) is 0 Å². The highest BCUT2D eigenvalue weighted by Crippen LogP contribution is 2.23. The monoisotopic (exact) mass is 344 g/mol. The Morgan fingerprint density at radius 3 is 2.22 bits per heavy atom. The standard InChI is InChI=1S/C17H13I/c18-17-11-4-2-7-15(17)12-14-9-5-8-13-6-1-3-10-16(13)14/h1-11H,12H2. The first-order valence-electron chi connectivity index (χ1n) is 6.04. The van der Waals surface area contributed by atoms with Crippen molar-refractivity contribution < 1.29 is 0 Å². The van der Waals surface area contributed by atoms with Crippen LogP contribution in [0.3, 0.4) is 0 Å². The van der Waals surface area contributed by atoms with Crippen molar-refractivity contribution in [3.05, 3.63) is 81.4 Å². The summed E-state index contributed by atoms with van der Waals surface area (Å²) < 4.78 is 1.34. The molecule has 3 aromatic carbocycles. The van der Waals surface area contributed by atoms with Crippen molar-refractivity contribution in [3.63, 3.8) is 0 Å². The van der Waals surface area contributed by atoms with Crippen LogP contribution in [-0.2, 0) is 6.42 Å². The first-order chi connectivity index (χ1) is 8.84. The van der Waals surface area contributed by atoms with Gasteiger partial charge in [-0.05, 0) is 57.0 Å². The molecule has 3 aromatic rings. The minimum absolute atomic E-state index is 1.00. The van der Waals surface area contributed by atoms with E-state index in [1.165, 1.54) is 25.5 Å². The van der Waals surface area contributed by atoms with Gasteiger partial charge < -0.3 is 0 Å². The first-order valence-corrected chi connectivity index (χ1v) is 7.12. The lowest BCUT2D eigenvalue weighted by molar-refractivity contribution is 1.20. The Kier molecular flexibility index (Phi) is 3.33. The second-order valence-electron chi connectivity index (χ2n) is 4.41. The van der Waals surface area contributed by atoms with Crippen LogP contribution in [0.1, 0.15) is 11.1 Å². The lowest BCUT2D eigenvalue weighted by atomic mass is 9.99. The van der Waals surface area contributed by atoms with Gasteiger partial charge in [-0.1, -0.05) is 60.7 Å². The molecule has 1 heteroatoms. The average molecular weight is 344 g/mol. The lowest BCUT2D eigenvalue weighted by Crippen LogP contribution is -1.92. The molecular formula is C17H13I. The van der Waals surface area contributed by atoms with E-state index in [0.29, 0.717) is 0 Å². The van der Waals surface area contributed by atoms with E-state index in [1.807, 2.05) is 0 Å². The topological polar surface area (TPSA) is 0 Å². The minimum atomic E-state index is 1.00. The summed E-state index contributed by atoms with van der Waals surface area (Å²) in [7, 11) is 0. The largest absolute Gasteiger partial charge is 0.0619 e. The van der Waals surface area contributed by atoms with E-state index in [4.69, 9.17) is 0 Å². The maximum atomic E-state index is 2.41. The fourth-order valence-electron chi connectivity index (χ4n) is 2.29. The van der Waals surface area contributed by atoms with Crippen molar-refractivity contribution in [2.24, 2.45) is 0 Å². The highest BCUT2D eigenvalue weighted by atomic mass is 127. The lowest BCUT2D eigenvalue weighted by Gasteiger charge is -2.08. The van der Waals surface area contributed by atoms with Crippen LogP contribution in [0.4, 0.5) is 0 Å². The number of hydrogen-bond acceptors (Lipinski definition) is 0. The summed E-state index contributed by atoms with van der Waals surface area (Å²) in [4.78, 5) is 0. The highest BCUT2D eigenvalue weighted by Gasteiger charge is 2.03. The summed E-state index contributed by atoms with van der Waals surface area (Å²) in [5, 5.41) is 2.68. The predicted molar refractivity (Wildman–Crippen MR) is 85.9 cm³/mol. The molecule has 88 valence electrons. The Balaban J connectivity index is 2.08. The van der Waals surface area contributed by atoms with Gasteiger partial charge in [0.1, 0.15) is 0 Å². The number of benzene rings is 3. The number of hydrogen-bond donors (Lipinski definition) is 0. The second kappa shape index (κ2) is 5.11. The molecule has 0 spiro atoms. The highest BCUT2D eigenvalue weighted by molar-refractivity contribution is 14.1. The molecule has 0 radical (unpaired) electrons. The van der Waals surface area contributed by atoms with Crippen LogP contribution in [-0.4, -0.2) is 0 Å². The quantitative estimate of drug-likeness (QED) is 0.572. The molecule has 0 amide bonds. The van der Waals surface area contributed by atoms with Crippen LogP contribution < -0.4 is 0 Å². The van der Waals surface area contributed by atoms with Gasteiger partial charge in [-0.25, -0.2) is 0 Å². The molecule has 0 heterocycles. The van der Waals surface area contributed by atoms with Crippen molar-refractivity contribution in [2.75, 3.05) is 0 Å². The smallest absolute Gasteiger partial charge is 0.0165 e. The van der Waals surface area contributed by atoms with Gasteiger partial charge in [-0.3, -0.25) is 0 Å². The summed E-state index contributed by atoms with van der Waals surface area (Å²) in [6.45, 7) is 0. The van der Waals surface area contributed by atoms with E-state index in [2.05, 4.69) is 89.3 Å². The van der Waals surface area contributed by atoms with Crippen molar-refractivity contribution in [1.82, 2.24) is 0 Å². The molecule has 0 N–H and O–H groups in total. The zero-order valence-electron chi connectivity index (χ0n) is 9.94. The van der Waals surface area contributed by atoms with Crippen LogP contribution in [0.15, 0.2) is 66.7 Å². The third-order valence-corrected chi connectivity index (χ3v) is 4.27. The van der Waals surface area contributed by atoms with Gasteiger partial charge in [0.25, 0.3) is 0 Å². The van der Waals surface area contributed by atoms with Gasteiger partial charge in [0.05, 0.1) is 0 Å². The van der Waals surface area contributed by atoms with Crippen molar-refractivity contribution >= 4 is 33.4 Å². The Morgan fingerprint density at radius 1 is 0.667 bits per heavy atom. The Morgan fingerprint density at radius 2 is 1.33 bits per heavy atom. The van der Waals surface area contributed by atoms with E-state index in [0.717, 1.165) is 6.42 Å². The molecular weight excluding hydrogens is 331 g/mol. The first kappa shape index (κ1) is 11.7. The van der Waals surface area contributed by atoms with Gasteiger partial charge in [0, 0.05) is 3.57 Å². The molecule has 0 aliphatic heterocycles. The van der Waals surface area contributed by atoms with E-state index < -0.39 is 0 Å². The summed E-state index contributed by atoms with van der Waals surface area (Å²) in [6.07, 6.45) is 1.00. The third-order valence-electron chi connectivity index (χ3n) is 3.22. The maximum absolute atomic E-state index is 2.41. The van der Waals surface area contributed by atoms with Crippen LogP contribution in [0, 0.1) is 3.57 Å². The molecule has 0 saturated heterocycles. The predicted octanol–water partition coefficient (Wildman–Crippen LogP) is 5.04. The Hall–Kier alpha value is -1.35. The molecule has 0 atom stereocenters. The van der Waals surface area contributed by atoms with Crippen molar-refractivity contribution in [2.45, 2.75) is 6.42 Å². The zero-order valence-corrected chi connectivity index (χ0v) is 12.1. The van der Waals surface area contributed by atoms with Crippen LogP contribution >= 0.6 is 22.6 Å². The average Bonchev–Trinajstić information content (AvgIpc) is 2.42. The second-order valence-corrected chi connectivity index (χ2v) is 5.57. The van der Waals surface area contributed by atoms with Crippen molar-refractivity contribution in [3.8, 4) is 0 Å². The number of rotatable bonds is 2. The molecule has 0 aliphatic rings. The van der Waals surface area contributed by atoms with Gasteiger partial charge in [-0.15, -0.1) is 0 Å². The molecule has 0 fully saturated rings. The Bertz CT molecular complexity index is 681. The molecule has 3 rings (SSSR count). The van der Waals surface area contributed by atoms with E-state index >= 15 is 0 Å². The molecule has 0 aliphatic carbocycles. The molecule has 0 bridgehead atoms. The summed E-state index contributed by atoms with van der Waals surface area (Å²) in [5.41, 5.74) is 2.80. The fraction of sp³-hybridized carbons (Fsp3) is 0.0588. The fourth-order valence-corrected chi connectivity index (χ4v) is 2.87. The molecule has 0 saturated carbocycles. The number of halogens is 1.